The van der Waals surface area contributed by atoms with Gasteiger partial charge in [0.2, 0.25) is 0 Å². The molecular weight excluding hydrogens is 138 g/mol. The van der Waals surface area contributed by atoms with Crippen molar-refractivity contribution in [3.05, 3.63) is 16.1 Å². The number of carbonyl (C=O) groups excluding carboxylic acids is 2. The number of carbonyl (C=O) groups is 2. The van der Waals surface area contributed by atoms with Crippen LogP contribution in [-0.2, 0) is 0 Å². The first kappa shape index (κ1) is 6.10. The molecule has 1 heterocycles. The summed E-state index contributed by atoms with van der Waals surface area (Å²) in [6.07, 6.45) is 1.24. The average Bonchev–Trinajstić information content (AvgIpc) is 2.34. The van der Waals surface area contributed by atoms with Gasteiger partial charge < -0.3 is 0 Å². The molecule has 3 nitrogen and oxygen atoms in total. The summed E-state index contributed by atoms with van der Waals surface area (Å²) in [6.45, 7) is 0. The van der Waals surface area contributed by atoms with Crippen molar-refractivity contribution >= 4 is 23.9 Å². The van der Waals surface area contributed by atoms with Crippen LogP contribution < -0.4 is 0 Å². The van der Waals surface area contributed by atoms with Crippen LogP contribution >= 0.6 is 11.3 Å². The van der Waals surface area contributed by atoms with Crippen molar-refractivity contribution in [2.24, 2.45) is 0 Å². The molecule has 0 atom stereocenters. The highest BCUT2D eigenvalue weighted by Gasteiger charge is 1.96. The molecule has 0 aliphatic heterocycles. The summed E-state index contributed by atoms with van der Waals surface area (Å²) in [6, 6.07) is 0. The zero-order valence-electron chi connectivity index (χ0n) is 4.40. The van der Waals surface area contributed by atoms with Gasteiger partial charge >= 0.3 is 0 Å². The smallest absolute Gasteiger partial charge is 0.178 e. The number of rotatable bonds is 2. The molecule has 0 amide bonds. The normalized spacial score (nSPS) is 8.89. The summed E-state index contributed by atoms with van der Waals surface area (Å²) < 4.78 is 0. The minimum absolute atomic E-state index is 0.321. The highest BCUT2D eigenvalue weighted by Crippen LogP contribution is 2.03. The van der Waals surface area contributed by atoms with Gasteiger partial charge in [0.05, 0.1) is 0 Å². The predicted octanol–water partition coefficient (Wildman–Crippen LogP) is 0.768. The summed E-state index contributed by atoms with van der Waals surface area (Å²) in [5.74, 6) is 0. The van der Waals surface area contributed by atoms with Crippen molar-refractivity contribution in [1.82, 2.24) is 4.98 Å². The zero-order chi connectivity index (χ0) is 6.69. The van der Waals surface area contributed by atoms with E-state index in [0.717, 1.165) is 11.3 Å². The molecule has 0 spiro atoms. The Bertz CT molecular complexity index is 208. The molecule has 0 aliphatic carbocycles. The number of aldehydes is 2. The SMILES string of the molecule is O=Cc1csc(C=O)n1. The van der Waals surface area contributed by atoms with Gasteiger partial charge in [-0.15, -0.1) is 11.3 Å². The van der Waals surface area contributed by atoms with E-state index < -0.39 is 0 Å². The van der Waals surface area contributed by atoms with Crippen LogP contribution in [0.15, 0.2) is 5.38 Å². The molecule has 4 heteroatoms. The van der Waals surface area contributed by atoms with Crippen molar-refractivity contribution in [2.45, 2.75) is 0 Å². The van der Waals surface area contributed by atoms with Gasteiger partial charge in [0.15, 0.2) is 17.6 Å². The van der Waals surface area contributed by atoms with Crippen LogP contribution in [0.25, 0.3) is 0 Å². The Labute approximate surface area is 55.3 Å². The van der Waals surface area contributed by atoms with E-state index in [0.29, 0.717) is 23.3 Å². The quantitative estimate of drug-likeness (QED) is 0.571. The Morgan fingerprint density at radius 3 is 2.56 bits per heavy atom. The van der Waals surface area contributed by atoms with Gasteiger partial charge in [0.25, 0.3) is 0 Å². The third-order valence-electron chi connectivity index (χ3n) is 0.761. The Hall–Kier alpha value is -1.03. The molecule has 1 rings (SSSR count). The molecule has 0 aliphatic rings. The molecule has 9 heavy (non-hydrogen) atoms. The Balaban J connectivity index is 2.98. The Morgan fingerprint density at radius 2 is 2.22 bits per heavy atom. The third-order valence-corrected chi connectivity index (χ3v) is 1.55. The molecule has 1 aromatic rings. The highest BCUT2D eigenvalue weighted by molar-refractivity contribution is 7.11. The van der Waals surface area contributed by atoms with E-state index in [4.69, 9.17) is 0 Å². The van der Waals surface area contributed by atoms with Gasteiger partial charge in [-0.25, -0.2) is 4.98 Å². The van der Waals surface area contributed by atoms with Gasteiger partial charge in [-0.3, -0.25) is 9.59 Å². The lowest BCUT2D eigenvalue weighted by Gasteiger charge is -1.70. The van der Waals surface area contributed by atoms with Gasteiger partial charge in [0, 0.05) is 5.38 Å². The van der Waals surface area contributed by atoms with Crippen LogP contribution in [0.5, 0.6) is 0 Å². The lowest BCUT2D eigenvalue weighted by Crippen LogP contribution is -1.79. The van der Waals surface area contributed by atoms with E-state index in [1.54, 1.807) is 0 Å². The van der Waals surface area contributed by atoms with Crippen molar-refractivity contribution in [3.63, 3.8) is 0 Å². The first-order valence-corrected chi connectivity index (χ1v) is 3.10. The van der Waals surface area contributed by atoms with Crippen LogP contribution in [0.2, 0.25) is 0 Å². The lowest BCUT2D eigenvalue weighted by atomic mass is 10.6. The number of hydrogen-bond donors (Lipinski definition) is 0. The number of aromatic nitrogens is 1. The highest BCUT2D eigenvalue weighted by atomic mass is 32.1. The topological polar surface area (TPSA) is 47.0 Å². The maximum absolute atomic E-state index is 9.97. The largest absolute Gasteiger partial charge is 0.296 e. The second kappa shape index (κ2) is 2.50. The average molecular weight is 141 g/mol. The van der Waals surface area contributed by atoms with Crippen molar-refractivity contribution < 1.29 is 9.59 Å². The molecule has 46 valence electrons. The van der Waals surface area contributed by atoms with Gasteiger partial charge in [-0.2, -0.15) is 0 Å². The molecule has 0 radical (unpaired) electrons. The number of hydrogen-bond acceptors (Lipinski definition) is 4. The Kier molecular flexibility index (Phi) is 1.69. The number of nitrogens with zero attached hydrogens (tertiary/aromatic N) is 1. The van der Waals surface area contributed by atoms with E-state index in [1.807, 2.05) is 0 Å². The first-order chi connectivity index (χ1) is 4.36. The molecule has 0 aromatic carbocycles. The van der Waals surface area contributed by atoms with Gasteiger partial charge in [0.1, 0.15) is 5.69 Å². The summed E-state index contributed by atoms with van der Waals surface area (Å²) >= 11 is 1.16. The number of thiazole rings is 1. The molecule has 0 N–H and O–H groups in total. The molecule has 0 bridgehead atoms. The fraction of sp³-hybridized carbons (Fsp3) is 0. The fourth-order valence-corrected chi connectivity index (χ4v) is 0.972. The third kappa shape index (κ3) is 1.20. The van der Waals surface area contributed by atoms with Crippen LogP contribution in [-0.4, -0.2) is 17.6 Å². The second-order valence-corrected chi connectivity index (χ2v) is 2.24. The van der Waals surface area contributed by atoms with Crippen molar-refractivity contribution in [3.8, 4) is 0 Å². The molecule has 0 saturated heterocycles. The van der Waals surface area contributed by atoms with Gasteiger partial charge in [-0.1, -0.05) is 0 Å². The van der Waals surface area contributed by atoms with E-state index in [-0.39, 0.29) is 0 Å². The maximum Gasteiger partial charge on any atom is 0.178 e. The van der Waals surface area contributed by atoms with Crippen LogP contribution in [0.4, 0.5) is 0 Å². The summed E-state index contributed by atoms with van der Waals surface area (Å²) in [5, 5.41) is 1.88. The van der Waals surface area contributed by atoms with Gasteiger partial charge in [-0.05, 0) is 0 Å². The summed E-state index contributed by atoms with van der Waals surface area (Å²) in [7, 11) is 0. The van der Waals surface area contributed by atoms with Crippen molar-refractivity contribution in [1.29, 1.82) is 0 Å². The predicted molar refractivity (Wildman–Crippen MR) is 32.9 cm³/mol. The molecule has 0 fully saturated rings. The van der Waals surface area contributed by atoms with E-state index in [9.17, 15) is 9.59 Å². The lowest BCUT2D eigenvalue weighted by molar-refractivity contribution is 0.111. The minimum Gasteiger partial charge on any atom is -0.296 e. The second-order valence-electron chi connectivity index (χ2n) is 1.35. The van der Waals surface area contributed by atoms with E-state index in [1.165, 1.54) is 5.38 Å². The zero-order valence-corrected chi connectivity index (χ0v) is 5.22. The molecule has 0 unspecified atom stereocenters. The maximum atomic E-state index is 9.97. The van der Waals surface area contributed by atoms with Crippen LogP contribution in [0.1, 0.15) is 20.3 Å². The van der Waals surface area contributed by atoms with E-state index in [2.05, 4.69) is 4.98 Å². The first-order valence-electron chi connectivity index (χ1n) is 2.22. The standard InChI is InChI=1S/C5H3NO2S/c7-1-4-3-9-5(2-8)6-4/h1-3H. The molecule has 1 aromatic heterocycles. The monoisotopic (exact) mass is 141 g/mol. The van der Waals surface area contributed by atoms with Crippen LogP contribution in [0.3, 0.4) is 0 Å². The van der Waals surface area contributed by atoms with Crippen molar-refractivity contribution in [2.75, 3.05) is 0 Å². The summed E-state index contributed by atoms with van der Waals surface area (Å²) in [5.41, 5.74) is 0.321. The van der Waals surface area contributed by atoms with Crippen LogP contribution in [0, 0.1) is 0 Å². The molecular formula is C5H3NO2S. The molecule has 0 saturated carbocycles. The Morgan fingerprint density at radius 1 is 1.44 bits per heavy atom. The fourth-order valence-electron chi connectivity index (χ4n) is 0.409. The van der Waals surface area contributed by atoms with E-state index >= 15 is 0 Å². The minimum atomic E-state index is 0.321. The summed E-state index contributed by atoms with van der Waals surface area (Å²) in [4.78, 5) is 23.6.